The Labute approximate surface area is 158 Å². The molecule has 0 saturated carbocycles. The fourth-order valence-electron chi connectivity index (χ4n) is 2.98. The monoisotopic (exact) mass is 362 g/mol. The summed E-state index contributed by atoms with van der Waals surface area (Å²) in [6.45, 7) is 4.63. The number of morpholine rings is 1. The predicted molar refractivity (Wildman–Crippen MR) is 106 cm³/mol. The lowest BCUT2D eigenvalue weighted by Crippen LogP contribution is -2.35. The van der Waals surface area contributed by atoms with E-state index in [1.807, 2.05) is 30.5 Å². The number of hydrogen-bond acceptors (Lipinski definition) is 6. The molecular formula is C21H22N4O2. The molecule has 3 aromatic rings. The van der Waals surface area contributed by atoms with Gasteiger partial charge in [-0.3, -0.25) is 10.3 Å². The van der Waals surface area contributed by atoms with Crippen molar-refractivity contribution in [3.63, 3.8) is 0 Å². The Morgan fingerprint density at radius 3 is 2.52 bits per heavy atom. The van der Waals surface area contributed by atoms with Gasteiger partial charge in [-0.05, 0) is 35.4 Å². The Balaban J connectivity index is 1.30. The lowest BCUT2D eigenvalue weighted by molar-refractivity contribution is 0.0342. The molecule has 138 valence electrons. The van der Waals surface area contributed by atoms with Crippen molar-refractivity contribution in [3.05, 3.63) is 72.2 Å². The summed E-state index contributed by atoms with van der Waals surface area (Å²) in [4.78, 5) is 6.34. The van der Waals surface area contributed by atoms with E-state index < -0.39 is 0 Å². The van der Waals surface area contributed by atoms with E-state index >= 15 is 0 Å². The van der Waals surface area contributed by atoms with Crippen LogP contribution in [0.3, 0.4) is 0 Å². The fourth-order valence-corrected chi connectivity index (χ4v) is 2.98. The van der Waals surface area contributed by atoms with Crippen LogP contribution < -0.4 is 5.43 Å². The van der Waals surface area contributed by atoms with Gasteiger partial charge in [-0.1, -0.05) is 24.3 Å². The number of nitrogens with one attached hydrogen (secondary N) is 1. The summed E-state index contributed by atoms with van der Waals surface area (Å²) in [6, 6.07) is 16.4. The molecule has 1 fully saturated rings. The second-order valence-corrected chi connectivity index (χ2v) is 6.44. The van der Waals surface area contributed by atoms with Crippen LogP contribution in [0.5, 0.6) is 0 Å². The van der Waals surface area contributed by atoms with E-state index in [2.05, 4.69) is 44.7 Å². The summed E-state index contributed by atoms with van der Waals surface area (Å²) in [6.07, 6.45) is 4.95. The minimum Gasteiger partial charge on any atom is -0.444 e. The molecule has 6 heteroatoms. The molecule has 0 spiro atoms. The van der Waals surface area contributed by atoms with Crippen molar-refractivity contribution in [2.24, 2.45) is 5.10 Å². The second-order valence-electron chi connectivity index (χ2n) is 6.44. The van der Waals surface area contributed by atoms with Gasteiger partial charge in [0, 0.05) is 25.2 Å². The van der Waals surface area contributed by atoms with Crippen molar-refractivity contribution in [2.75, 3.05) is 31.7 Å². The maximum atomic E-state index is 5.39. The largest absolute Gasteiger partial charge is 0.444 e. The molecule has 2 heterocycles. The number of benzene rings is 2. The zero-order valence-corrected chi connectivity index (χ0v) is 15.0. The number of anilines is 1. The zero-order valence-electron chi connectivity index (χ0n) is 15.0. The van der Waals surface area contributed by atoms with E-state index in [-0.39, 0.29) is 0 Å². The van der Waals surface area contributed by atoms with Crippen molar-refractivity contribution in [2.45, 2.75) is 6.54 Å². The van der Waals surface area contributed by atoms with Crippen molar-refractivity contribution in [1.29, 1.82) is 0 Å². The first-order valence-corrected chi connectivity index (χ1v) is 9.04. The minimum absolute atomic E-state index is 0.752. The zero-order chi connectivity index (χ0) is 18.3. The average molecular weight is 362 g/mol. The Hall–Kier alpha value is -2.96. The normalized spacial score (nSPS) is 15.3. The number of rotatable bonds is 6. The highest BCUT2D eigenvalue weighted by Gasteiger charge is 2.10. The van der Waals surface area contributed by atoms with Crippen LogP contribution >= 0.6 is 0 Å². The maximum Gasteiger partial charge on any atom is 0.181 e. The molecule has 1 aromatic heterocycles. The molecule has 0 aliphatic carbocycles. The summed E-state index contributed by atoms with van der Waals surface area (Å²) >= 11 is 0. The number of nitrogens with zero attached hydrogens (tertiary/aromatic N) is 3. The molecule has 0 atom stereocenters. The van der Waals surface area contributed by atoms with Crippen LogP contribution in [0, 0.1) is 0 Å². The molecular weight excluding hydrogens is 340 g/mol. The van der Waals surface area contributed by atoms with Gasteiger partial charge >= 0.3 is 0 Å². The van der Waals surface area contributed by atoms with Gasteiger partial charge in [0.15, 0.2) is 12.2 Å². The number of oxazole rings is 1. The van der Waals surface area contributed by atoms with Crippen molar-refractivity contribution in [3.8, 4) is 11.3 Å². The number of hydrogen-bond donors (Lipinski definition) is 1. The predicted octanol–water partition coefficient (Wildman–Crippen LogP) is 3.62. The first-order chi connectivity index (χ1) is 13.4. The van der Waals surface area contributed by atoms with Crippen LogP contribution in [-0.4, -0.2) is 42.4 Å². The molecule has 1 aliphatic heterocycles. The van der Waals surface area contributed by atoms with E-state index in [4.69, 9.17) is 9.15 Å². The van der Waals surface area contributed by atoms with E-state index in [0.29, 0.717) is 0 Å². The number of ether oxygens (including phenoxy) is 1. The topological polar surface area (TPSA) is 62.9 Å². The first kappa shape index (κ1) is 17.5. The molecule has 1 N–H and O–H groups in total. The smallest absolute Gasteiger partial charge is 0.181 e. The summed E-state index contributed by atoms with van der Waals surface area (Å²) in [5.41, 5.74) is 7.32. The van der Waals surface area contributed by atoms with Crippen molar-refractivity contribution >= 4 is 11.9 Å². The molecule has 0 radical (unpaired) electrons. The minimum atomic E-state index is 0.752. The molecule has 1 aliphatic rings. The number of hydrazone groups is 1. The highest BCUT2D eigenvalue weighted by atomic mass is 16.5. The van der Waals surface area contributed by atoms with Gasteiger partial charge in [0.25, 0.3) is 0 Å². The van der Waals surface area contributed by atoms with E-state index in [9.17, 15) is 0 Å². The van der Waals surface area contributed by atoms with Crippen LogP contribution in [0.4, 0.5) is 5.69 Å². The first-order valence-electron chi connectivity index (χ1n) is 9.04. The van der Waals surface area contributed by atoms with E-state index in [1.54, 1.807) is 6.20 Å². The van der Waals surface area contributed by atoms with Gasteiger partial charge in [-0.15, -0.1) is 0 Å². The van der Waals surface area contributed by atoms with Crippen molar-refractivity contribution < 1.29 is 9.15 Å². The molecule has 1 saturated heterocycles. The molecule has 0 unspecified atom stereocenters. The van der Waals surface area contributed by atoms with E-state index in [0.717, 1.165) is 55.4 Å². The summed E-state index contributed by atoms with van der Waals surface area (Å²) in [5, 5.41) is 4.31. The highest BCUT2D eigenvalue weighted by Crippen LogP contribution is 2.20. The standard InChI is InChI=1S/C21H22N4O2/c1-3-18(15-25-9-11-26-12-10-25)4-2-17(1)13-23-24-20-7-5-19(6-8-20)21-14-22-16-27-21/h1-8,13-14,16,24H,9-12,15H2/b23-13+. The summed E-state index contributed by atoms with van der Waals surface area (Å²) in [7, 11) is 0. The molecule has 6 nitrogen and oxygen atoms in total. The van der Waals surface area contributed by atoms with Crippen LogP contribution in [0.25, 0.3) is 11.3 Å². The van der Waals surface area contributed by atoms with Gasteiger partial charge in [-0.2, -0.15) is 5.10 Å². The summed E-state index contributed by atoms with van der Waals surface area (Å²) in [5.74, 6) is 0.752. The van der Waals surface area contributed by atoms with Gasteiger partial charge in [0.05, 0.1) is 31.3 Å². The van der Waals surface area contributed by atoms with Crippen LogP contribution in [0.15, 0.2) is 70.6 Å². The Bertz CT molecular complexity index is 852. The molecule has 27 heavy (non-hydrogen) atoms. The third kappa shape index (κ3) is 4.81. The fraction of sp³-hybridized carbons (Fsp3) is 0.238. The third-order valence-electron chi connectivity index (χ3n) is 4.50. The van der Waals surface area contributed by atoms with E-state index in [1.165, 1.54) is 12.0 Å². The summed E-state index contributed by atoms with van der Waals surface area (Å²) < 4.78 is 10.7. The average Bonchev–Trinajstić information content (AvgIpc) is 3.26. The van der Waals surface area contributed by atoms with Gasteiger partial charge < -0.3 is 9.15 Å². The lowest BCUT2D eigenvalue weighted by atomic mass is 10.1. The Kier molecular flexibility index (Phi) is 5.57. The van der Waals surface area contributed by atoms with Gasteiger partial charge in [-0.25, -0.2) is 4.98 Å². The molecule has 2 aromatic carbocycles. The maximum absolute atomic E-state index is 5.39. The van der Waals surface area contributed by atoms with Crippen molar-refractivity contribution in [1.82, 2.24) is 9.88 Å². The second kappa shape index (κ2) is 8.62. The third-order valence-corrected chi connectivity index (χ3v) is 4.50. The SMILES string of the molecule is C(=N\Nc1ccc(-c2cnco2)cc1)/c1ccc(CN2CCOCC2)cc1. The lowest BCUT2D eigenvalue weighted by Gasteiger charge is -2.26. The quantitative estimate of drug-likeness (QED) is 0.536. The van der Waals surface area contributed by atoms with Gasteiger partial charge in [0.1, 0.15) is 0 Å². The molecule has 0 bridgehead atoms. The van der Waals surface area contributed by atoms with Crippen LogP contribution in [0.2, 0.25) is 0 Å². The molecule has 0 amide bonds. The van der Waals surface area contributed by atoms with Gasteiger partial charge in [0.2, 0.25) is 0 Å². The number of aromatic nitrogens is 1. The van der Waals surface area contributed by atoms with Crippen LogP contribution in [-0.2, 0) is 11.3 Å². The highest BCUT2D eigenvalue weighted by molar-refractivity contribution is 5.80. The Morgan fingerprint density at radius 2 is 1.81 bits per heavy atom. The molecule has 4 rings (SSSR count). The Morgan fingerprint density at radius 1 is 1.04 bits per heavy atom. The van der Waals surface area contributed by atoms with Crippen LogP contribution in [0.1, 0.15) is 11.1 Å².